The van der Waals surface area contributed by atoms with E-state index in [0.717, 1.165) is 12.1 Å². The van der Waals surface area contributed by atoms with Crippen molar-refractivity contribution in [1.82, 2.24) is 9.78 Å². The van der Waals surface area contributed by atoms with Crippen molar-refractivity contribution in [2.75, 3.05) is 5.32 Å². The van der Waals surface area contributed by atoms with Crippen molar-refractivity contribution in [1.29, 1.82) is 0 Å². The zero-order valence-corrected chi connectivity index (χ0v) is 14.7. The first-order valence-electron chi connectivity index (χ1n) is 7.67. The predicted octanol–water partition coefficient (Wildman–Crippen LogP) is 6.35. The van der Waals surface area contributed by atoms with Gasteiger partial charge < -0.3 is 5.32 Å². The Kier molecular flexibility index (Phi) is 4.26. The smallest absolute Gasteiger partial charge is 0.161 e. The van der Waals surface area contributed by atoms with Gasteiger partial charge in [0.25, 0.3) is 0 Å². The summed E-state index contributed by atoms with van der Waals surface area (Å²) in [5, 5.41) is 9.09. The number of aromatic nitrogens is 2. The van der Waals surface area contributed by atoms with Gasteiger partial charge in [0.15, 0.2) is 11.6 Å². The van der Waals surface area contributed by atoms with Gasteiger partial charge in [0, 0.05) is 27.2 Å². The minimum atomic E-state index is -0.956. The van der Waals surface area contributed by atoms with Gasteiger partial charge in [0.05, 0.1) is 11.2 Å². The Balaban J connectivity index is 1.95. The molecule has 0 saturated heterocycles. The SMILES string of the molecule is Fc1cc2nn(-c3cccc(Cl)c3)c(Nc3cccc(Cl)c3)c2cc1F. The van der Waals surface area contributed by atoms with Crippen molar-refractivity contribution in [3.8, 4) is 5.69 Å². The molecule has 0 aliphatic carbocycles. The van der Waals surface area contributed by atoms with Gasteiger partial charge in [-0.2, -0.15) is 5.10 Å². The van der Waals surface area contributed by atoms with Crippen molar-refractivity contribution in [2.24, 2.45) is 0 Å². The second kappa shape index (κ2) is 6.59. The first-order valence-corrected chi connectivity index (χ1v) is 8.43. The highest BCUT2D eigenvalue weighted by Gasteiger charge is 2.16. The maximum atomic E-state index is 13.8. The van der Waals surface area contributed by atoms with Crippen LogP contribution >= 0.6 is 23.2 Å². The highest BCUT2D eigenvalue weighted by molar-refractivity contribution is 6.31. The monoisotopic (exact) mass is 389 g/mol. The van der Waals surface area contributed by atoms with Crippen molar-refractivity contribution in [3.05, 3.63) is 82.3 Å². The summed E-state index contributed by atoms with van der Waals surface area (Å²) < 4.78 is 29.0. The molecule has 26 heavy (non-hydrogen) atoms. The van der Waals surface area contributed by atoms with E-state index in [2.05, 4.69) is 10.4 Å². The molecule has 0 atom stereocenters. The minimum absolute atomic E-state index is 0.313. The molecule has 1 N–H and O–H groups in total. The Bertz CT molecular complexity index is 1130. The molecule has 0 saturated carbocycles. The number of anilines is 2. The molecule has 4 aromatic rings. The van der Waals surface area contributed by atoms with E-state index in [1.807, 2.05) is 6.07 Å². The lowest BCUT2D eigenvalue weighted by Gasteiger charge is -2.11. The van der Waals surface area contributed by atoms with Crippen LogP contribution in [0.3, 0.4) is 0 Å². The number of hydrogen-bond donors (Lipinski definition) is 1. The molecule has 0 spiro atoms. The van der Waals surface area contributed by atoms with Crippen LogP contribution in [-0.4, -0.2) is 9.78 Å². The van der Waals surface area contributed by atoms with Crippen LogP contribution in [0.4, 0.5) is 20.3 Å². The second-order valence-corrected chi connectivity index (χ2v) is 6.53. The van der Waals surface area contributed by atoms with Crippen LogP contribution in [0.1, 0.15) is 0 Å². The average Bonchev–Trinajstić information content (AvgIpc) is 2.93. The van der Waals surface area contributed by atoms with Crippen molar-refractivity contribution < 1.29 is 8.78 Å². The zero-order chi connectivity index (χ0) is 18.3. The third-order valence-electron chi connectivity index (χ3n) is 3.85. The lowest BCUT2D eigenvalue weighted by molar-refractivity contribution is 0.511. The summed E-state index contributed by atoms with van der Waals surface area (Å²) in [4.78, 5) is 0. The molecule has 0 radical (unpaired) electrons. The van der Waals surface area contributed by atoms with Crippen molar-refractivity contribution in [2.45, 2.75) is 0 Å². The maximum absolute atomic E-state index is 13.8. The third-order valence-corrected chi connectivity index (χ3v) is 4.32. The van der Waals surface area contributed by atoms with Crippen LogP contribution in [-0.2, 0) is 0 Å². The summed E-state index contributed by atoms with van der Waals surface area (Å²) in [7, 11) is 0. The van der Waals surface area contributed by atoms with E-state index >= 15 is 0 Å². The molecule has 4 rings (SSSR count). The van der Waals surface area contributed by atoms with E-state index in [9.17, 15) is 8.78 Å². The molecule has 3 aromatic carbocycles. The van der Waals surface area contributed by atoms with Crippen molar-refractivity contribution in [3.63, 3.8) is 0 Å². The third kappa shape index (κ3) is 3.11. The Hall–Kier alpha value is -2.63. The molecule has 0 aliphatic rings. The van der Waals surface area contributed by atoms with E-state index < -0.39 is 11.6 Å². The van der Waals surface area contributed by atoms with Crippen LogP contribution < -0.4 is 5.32 Å². The van der Waals surface area contributed by atoms with E-state index in [1.165, 1.54) is 0 Å². The molecule has 7 heteroatoms. The fraction of sp³-hybridized carbons (Fsp3) is 0. The van der Waals surface area contributed by atoms with Gasteiger partial charge in [-0.1, -0.05) is 35.3 Å². The number of fused-ring (bicyclic) bond motifs is 1. The molecule has 0 fully saturated rings. The Morgan fingerprint density at radius 3 is 2.27 bits per heavy atom. The Morgan fingerprint density at radius 2 is 1.54 bits per heavy atom. The first-order chi connectivity index (χ1) is 12.5. The summed E-state index contributed by atoms with van der Waals surface area (Å²) in [6, 6.07) is 16.3. The van der Waals surface area contributed by atoms with Crippen LogP contribution in [0.25, 0.3) is 16.6 Å². The predicted molar refractivity (Wildman–Crippen MR) is 101 cm³/mol. The van der Waals surface area contributed by atoms with Gasteiger partial charge in [-0.25, -0.2) is 13.5 Å². The largest absolute Gasteiger partial charge is 0.340 e. The lowest BCUT2D eigenvalue weighted by atomic mass is 10.2. The molecular weight excluding hydrogens is 379 g/mol. The topological polar surface area (TPSA) is 29.9 Å². The maximum Gasteiger partial charge on any atom is 0.161 e. The molecule has 0 unspecified atom stereocenters. The number of benzene rings is 3. The minimum Gasteiger partial charge on any atom is -0.340 e. The number of rotatable bonds is 3. The summed E-state index contributed by atoms with van der Waals surface area (Å²) in [5.74, 6) is -1.43. The van der Waals surface area contributed by atoms with E-state index in [-0.39, 0.29) is 0 Å². The standard InChI is InChI=1S/C19H11Cl2F2N3/c20-11-3-1-5-13(7-11)24-19-15-9-16(22)17(23)10-18(15)25-26(19)14-6-2-4-12(21)8-14/h1-10,24H. The molecule has 0 bridgehead atoms. The van der Waals surface area contributed by atoms with Gasteiger partial charge in [-0.15, -0.1) is 0 Å². The van der Waals surface area contributed by atoms with Crippen LogP contribution in [0.15, 0.2) is 60.7 Å². The van der Waals surface area contributed by atoms with Crippen LogP contribution in [0.5, 0.6) is 0 Å². The molecule has 1 heterocycles. The molecule has 1 aromatic heterocycles. The average molecular weight is 390 g/mol. The summed E-state index contributed by atoms with van der Waals surface area (Å²) in [6.45, 7) is 0. The normalized spacial score (nSPS) is 11.1. The molecule has 130 valence electrons. The Morgan fingerprint density at radius 1 is 0.846 bits per heavy atom. The molecule has 0 amide bonds. The summed E-state index contributed by atoms with van der Waals surface area (Å²) >= 11 is 12.1. The number of nitrogens with one attached hydrogen (secondary N) is 1. The molecule has 3 nitrogen and oxygen atoms in total. The van der Waals surface area contributed by atoms with Gasteiger partial charge in [-0.05, 0) is 42.5 Å². The van der Waals surface area contributed by atoms with Crippen molar-refractivity contribution >= 4 is 45.6 Å². The molecular formula is C19H11Cl2F2N3. The van der Waals surface area contributed by atoms with Crippen LogP contribution in [0.2, 0.25) is 10.0 Å². The van der Waals surface area contributed by atoms with Gasteiger partial charge in [0.2, 0.25) is 0 Å². The fourth-order valence-corrected chi connectivity index (χ4v) is 3.07. The van der Waals surface area contributed by atoms with E-state index in [4.69, 9.17) is 23.2 Å². The Labute approximate surface area is 157 Å². The van der Waals surface area contributed by atoms with Crippen LogP contribution in [0, 0.1) is 11.6 Å². The zero-order valence-electron chi connectivity index (χ0n) is 13.2. The van der Waals surface area contributed by atoms with Gasteiger partial charge >= 0.3 is 0 Å². The summed E-state index contributed by atoms with van der Waals surface area (Å²) in [6.07, 6.45) is 0. The van der Waals surface area contributed by atoms with Gasteiger partial charge in [-0.3, -0.25) is 0 Å². The van der Waals surface area contributed by atoms with Gasteiger partial charge in [0.1, 0.15) is 5.82 Å². The fourth-order valence-electron chi connectivity index (χ4n) is 2.70. The first kappa shape index (κ1) is 16.8. The van der Waals surface area contributed by atoms with E-state index in [1.54, 1.807) is 47.1 Å². The summed E-state index contributed by atoms with van der Waals surface area (Å²) in [5.41, 5.74) is 1.65. The van der Waals surface area contributed by atoms with E-state index in [0.29, 0.717) is 38.1 Å². The number of halogens is 4. The highest BCUT2D eigenvalue weighted by Crippen LogP contribution is 2.32. The highest BCUT2D eigenvalue weighted by atomic mass is 35.5. The second-order valence-electron chi connectivity index (χ2n) is 5.66. The lowest BCUT2D eigenvalue weighted by Crippen LogP contribution is -2.02. The quantitative estimate of drug-likeness (QED) is 0.442. The number of nitrogens with zero attached hydrogens (tertiary/aromatic N) is 2. The molecule has 0 aliphatic heterocycles. The number of hydrogen-bond acceptors (Lipinski definition) is 2.